The van der Waals surface area contributed by atoms with Gasteiger partial charge in [-0.15, -0.1) is 11.8 Å². The number of benzene rings is 1. The number of aliphatic hydroxyl groups excluding tert-OH is 1. The number of aliphatic hydroxyl groups is 1. The van der Waals surface area contributed by atoms with Crippen molar-refractivity contribution in [2.75, 3.05) is 12.9 Å². The molecule has 0 spiro atoms. The highest BCUT2D eigenvalue weighted by atomic mass is 32.2. The van der Waals surface area contributed by atoms with E-state index in [-0.39, 0.29) is 0 Å². The predicted octanol–water partition coefficient (Wildman–Crippen LogP) is 3.22. The van der Waals surface area contributed by atoms with Crippen molar-refractivity contribution >= 4 is 11.8 Å². The van der Waals surface area contributed by atoms with Gasteiger partial charge >= 0.3 is 0 Å². The molecule has 2 rings (SSSR count). The van der Waals surface area contributed by atoms with Gasteiger partial charge in [0.15, 0.2) is 0 Å². The van der Waals surface area contributed by atoms with Gasteiger partial charge < -0.3 is 9.84 Å². The van der Waals surface area contributed by atoms with Crippen LogP contribution in [0.25, 0.3) is 0 Å². The lowest BCUT2D eigenvalue weighted by Crippen LogP contribution is -2.05. The van der Waals surface area contributed by atoms with Gasteiger partial charge in [0.25, 0.3) is 0 Å². The molecule has 2 aromatic rings. The Labute approximate surface area is 117 Å². The summed E-state index contributed by atoms with van der Waals surface area (Å²) in [6.45, 7) is 2.06. The number of thioether (sulfide) groups is 1. The Morgan fingerprint density at radius 1 is 1.32 bits per heavy atom. The third-order valence-corrected chi connectivity index (χ3v) is 3.80. The van der Waals surface area contributed by atoms with Crippen molar-refractivity contribution < 1.29 is 9.84 Å². The zero-order valence-corrected chi connectivity index (χ0v) is 11.9. The monoisotopic (exact) mass is 275 g/mol. The van der Waals surface area contributed by atoms with E-state index in [4.69, 9.17) is 4.74 Å². The van der Waals surface area contributed by atoms with Crippen LogP contribution in [0.1, 0.15) is 17.4 Å². The minimum atomic E-state index is -0.637. The van der Waals surface area contributed by atoms with E-state index in [0.29, 0.717) is 17.2 Å². The molecule has 0 aliphatic heterocycles. The SMILES string of the molecule is COc1cccnc1C(O)CSc1cccc(C)c1. The smallest absolute Gasteiger partial charge is 0.143 e. The van der Waals surface area contributed by atoms with Crippen LogP contribution in [-0.2, 0) is 0 Å². The molecule has 1 aromatic carbocycles. The van der Waals surface area contributed by atoms with Crippen molar-refractivity contribution in [3.8, 4) is 5.75 Å². The summed E-state index contributed by atoms with van der Waals surface area (Å²) in [6, 6.07) is 11.8. The van der Waals surface area contributed by atoms with Gasteiger partial charge in [-0.2, -0.15) is 0 Å². The maximum Gasteiger partial charge on any atom is 0.143 e. The lowest BCUT2D eigenvalue weighted by molar-refractivity contribution is 0.193. The molecule has 4 heteroatoms. The molecule has 0 bridgehead atoms. The Hall–Kier alpha value is -1.52. The van der Waals surface area contributed by atoms with Gasteiger partial charge in [-0.05, 0) is 31.2 Å². The standard InChI is InChI=1S/C15H17NO2S/c1-11-5-3-6-12(9-11)19-10-13(17)15-14(18-2)7-4-8-16-15/h3-9,13,17H,10H2,1-2H3. The zero-order valence-electron chi connectivity index (χ0n) is 11.0. The van der Waals surface area contributed by atoms with Crippen LogP contribution in [0, 0.1) is 6.92 Å². The number of aromatic nitrogens is 1. The molecule has 19 heavy (non-hydrogen) atoms. The van der Waals surface area contributed by atoms with Gasteiger partial charge in [-0.25, -0.2) is 0 Å². The van der Waals surface area contributed by atoms with Crippen molar-refractivity contribution in [2.24, 2.45) is 0 Å². The molecule has 1 unspecified atom stereocenters. The lowest BCUT2D eigenvalue weighted by atomic mass is 10.2. The topological polar surface area (TPSA) is 42.4 Å². The number of hydrogen-bond acceptors (Lipinski definition) is 4. The molecule has 3 nitrogen and oxygen atoms in total. The molecule has 0 aliphatic rings. The molecule has 1 heterocycles. The Kier molecular flexibility index (Phi) is 4.82. The number of pyridine rings is 1. The number of aryl methyl sites for hydroxylation is 1. The van der Waals surface area contributed by atoms with Gasteiger partial charge in [0, 0.05) is 16.8 Å². The molecule has 0 fully saturated rings. The highest BCUT2D eigenvalue weighted by Gasteiger charge is 2.14. The summed E-state index contributed by atoms with van der Waals surface area (Å²) < 4.78 is 5.21. The minimum absolute atomic E-state index is 0.552. The normalized spacial score (nSPS) is 12.2. The molecule has 0 amide bonds. The van der Waals surface area contributed by atoms with Crippen molar-refractivity contribution in [3.63, 3.8) is 0 Å². The quantitative estimate of drug-likeness (QED) is 0.851. The highest BCUT2D eigenvalue weighted by molar-refractivity contribution is 7.99. The second kappa shape index (κ2) is 6.59. The van der Waals surface area contributed by atoms with Crippen molar-refractivity contribution in [1.29, 1.82) is 0 Å². The van der Waals surface area contributed by atoms with E-state index in [9.17, 15) is 5.11 Å². The van der Waals surface area contributed by atoms with Crippen LogP contribution < -0.4 is 4.74 Å². The fourth-order valence-corrected chi connectivity index (χ4v) is 2.74. The first-order chi connectivity index (χ1) is 9.20. The maximum absolute atomic E-state index is 10.2. The van der Waals surface area contributed by atoms with E-state index < -0.39 is 6.10 Å². The minimum Gasteiger partial charge on any atom is -0.495 e. The molecular formula is C15H17NO2S. The van der Waals surface area contributed by atoms with Crippen molar-refractivity contribution in [2.45, 2.75) is 17.9 Å². The average Bonchev–Trinajstić information content (AvgIpc) is 2.45. The van der Waals surface area contributed by atoms with Gasteiger partial charge in [-0.3, -0.25) is 4.98 Å². The van der Waals surface area contributed by atoms with E-state index in [1.54, 1.807) is 31.1 Å². The Morgan fingerprint density at radius 2 is 2.16 bits per heavy atom. The van der Waals surface area contributed by atoms with Gasteiger partial charge in [-0.1, -0.05) is 17.7 Å². The molecule has 0 aliphatic carbocycles. The van der Waals surface area contributed by atoms with Crippen LogP contribution in [0.2, 0.25) is 0 Å². The number of rotatable bonds is 5. The third kappa shape index (κ3) is 3.72. The molecule has 1 aromatic heterocycles. The van der Waals surface area contributed by atoms with Crippen LogP contribution in [0.15, 0.2) is 47.5 Å². The van der Waals surface area contributed by atoms with Crippen LogP contribution in [-0.4, -0.2) is 23.0 Å². The molecule has 0 saturated carbocycles. The molecular weight excluding hydrogens is 258 g/mol. The first kappa shape index (κ1) is 13.9. The summed E-state index contributed by atoms with van der Waals surface area (Å²) in [4.78, 5) is 5.34. The number of nitrogens with zero attached hydrogens (tertiary/aromatic N) is 1. The van der Waals surface area contributed by atoms with E-state index in [1.165, 1.54) is 5.56 Å². The van der Waals surface area contributed by atoms with E-state index in [1.807, 2.05) is 18.2 Å². The molecule has 1 N–H and O–H groups in total. The van der Waals surface area contributed by atoms with E-state index in [0.717, 1.165) is 4.90 Å². The number of methoxy groups -OCH3 is 1. The van der Waals surface area contributed by atoms with Crippen LogP contribution >= 0.6 is 11.8 Å². The fourth-order valence-electron chi connectivity index (χ4n) is 1.78. The van der Waals surface area contributed by atoms with E-state index in [2.05, 4.69) is 24.0 Å². The maximum atomic E-state index is 10.2. The predicted molar refractivity (Wildman–Crippen MR) is 77.7 cm³/mol. The summed E-state index contributed by atoms with van der Waals surface area (Å²) in [5.74, 6) is 1.18. The summed E-state index contributed by atoms with van der Waals surface area (Å²) in [5.41, 5.74) is 1.81. The molecule has 0 saturated heterocycles. The van der Waals surface area contributed by atoms with Crippen LogP contribution in [0.3, 0.4) is 0 Å². The molecule has 100 valence electrons. The average molecular weight is 275 g/mol. The van der Waals surface area contributed by atoms with Crippen molar-refractivity contribution in [3.05, 3.63) is 53.9 Å². The lowest BCUT2D eigenvalue weighted by Gasteiger charge is -2.13. The summed E-state index contributed by atoms with van der Waals surface area (Å²) in [5, 5.41) is 10.2. The second-order valence-corrected chi connectivity index (χ2v) is 5.33. The van der Waals surface area contributed by atoms with Gasteiger partial charge in [0.1, 0.15) is 17.5 Å². The van der Waals surface area contributed by atoms with Gasteiger partial charge in [0.05, 0.1) is 7.11 Å². The highest BCUT2D eigenvalue weighted by Crippen LogP contribution is 2.28. The van der Waals surface area contributed by atoms with Crippen molar-refractivity contribution in [1.82, 2.24) is 4.98 Å². The van der Waals surface area contributed by atoms with Gasteiger partial charge in [0.2, 0.25) is 0 Å². The summed E-state index contributed by atoms with van der Waals surface area (Å²) >= 11 is 1.61. The molecule has 0 radical (unpaired) electrons. The number of ether oxygens (including phenoxy) is 1. The first-order valence-electron chi connectivity index (χ1n) is 6.07. The first-order valence-corrected chi connectivity index (χ1v) is 7.05. The fraction of sp³-hybridized carbons (Fsp3) is 0.267. The van der Waals surface area contributed by atoms with Crippen LogP contribution in [0.4, 0.5) is 0 Å². The van der Waals surface area contributed by atoms with E-state index >= 15 is 0 Å². The van der Waals surface area contributed by atoms with Crippen LogP contribution in [0.5, 0.6) is 5.75 Å². The third-order valence-electron chi connectivity index (χ3n) is 2.73. The largest absolute Gasteiger partial charge is 0.495 e. The Morgan fingerprint density at radius 3 is 2.89 bits per heavy atom. The number of hydrogen-bond donors (Lipinski definition) is 1. The Bertz CT molecular complexity index is 545. The zero-order chi connectivity index (χ0) is 13.7. The second-order valence-electron chi connectivity index (χ2n) is 4.23. The summed E-state index contributed by atoms with van der Waals surface area (Å²) in [7, 11) is 1.58. The molecule has 1 atom stereocenters. The summed E-state index contributed by atoms with van der Waals surface area (Å²) in [6.07, 6.45) is 1.03. The Balaban J connectivity index is 2.03.